The average Bonchev–Trinajstić information content (AvgIpc) is 3.07. The van der Waals surface area contributed by atoms with Gasteiger partial charge in [0.1, 0.15) is 0 Å². The van der Waals surface area contributed by atoms with Gasteiger partial charge in [-0.15, -0.1) is 11.3 Å². The molecular weight excluding hydrogens is 308 g/mol. The fourth-order valence-electron chi connectivity index (χ4n) is 2.38. The van der Waals surface area contributed by atoms with Gasteiger partial charge in [0, 0.05) is 18.3 Å². The lowest BCUT2D eigenvalue weighted by Gasteiger charge is -2.18. The Balaban J connectivity index is 1.88. The van der Waals surface area contributed by atoms with E-state index in [2.05, 4.69) is 29.7 Å². The number of rotatable bonds is 7. The number of benzene rings is 1. The minimum atomic E-state index is -0.264. The van der Waals surface area contributed by atoms with E-state index in [1.54, 1.807) is 11.3 Å². The highest BCUT2D eigenvalue weighted by molar-refractivity contribution is 7.10. The van der Waals surface area contributed by atoms with Crippen LogP contribution in [0, 0.1) is 0 Å². The van der Waals surface area contributed by atoms with Crippen LogP contribution >= 0.6 is 11.3 Å². The second-order valence-corrected chi connectivity index (χ2v) is 6.57. The van der Waals surface area contributed by atoms with E-state index in [1.165, 1.54) is 12.5 Å². The molecule has 0 saturated carbocycles. The summed E-state index contributed by atoms with van der Waals surface area (Å²) in [6, 6.07) is 13.7. The Morgan fingerprint density at radius 2 is 1.87 bits per heavy atom. The molecule has 122 valence electrons. The van der Waals surface area contributed by atoms with Gasteiger partial charge in [-0.3, -0.25) is 9.59 Å². The molecule has 2 amide bonds. The van der Waals surface area contributed by atoms with Crippen molar-refractivity contribution in [3.8, 4) is 0 Å². The maximum Gasteiger partial charge on any atom is 0.222 e. The Kier molecular flexibility index (Phi) is 6.35. The lowest BCUT2D eigenvalue weighted by atomic mass is 10.0. The topological polar surface area (TPSA) is 58.2 Å². The molecule has 0 spiro atoms. The maximum atomic E-state index is 12.2. The molecule has 1 aromatic carbocycles. The van der Waals surface area contributed by atoms with Crippen LogP contribution in [0.25, 0.3) is 0 Å². The average molecular weight is 330 g/mol. The first-order chi connectivity index (χ1) is 11.1. The SMILES string of the molecule is CC(=O)N[C@@H](CC(=O)NC[C@H](C)c1ccccc1)c1cccs1. The second kappa shape index (κ2) is 8.48. The summed E-state index contributed by atoms with van der Waals surface area (Å²) in [5.41, 5.74) is 1.20. The normalized spacial score (nSPS) is 13.1. The molecular formula is C18H22N2O2S. The fraction of sp³-hybridized carbons (Fsp3) is 0.333. The predicted octanol–water partition coefficient (Wildman–Crippen LogP) is 3.24. The van der Waals surface area contributed by atoms with Gasteiger partial charge in [-0.2, -0.15) is 0 Å². The van der Waals surface area contributed by atoms with E-state index in [9.17, 15) is 9.59 Å². The van der Waals surface area contributed by atoms with Gasteiger partial charge >= 0.3 is 0 Å². The van der Waals surface area contributed by atoms with Gasteiger partial charge in [-0.25, -0.2) is 0 Å². The van der Waals surface area contributed by atoms with Gasteiger partial charge in [0.15, 0.2) is 0 Å². The molecule has 5 heteroatoms. The molecule has 2 rings (SSSR count). The Bertz CT molecular complexity index is 626. The van der Waals surface area contributed by atoms with Crippen LogP contribution in [0.1, 0.15) is 42.7 Å². The second-order valence-electron chi connectivity index (χ2n) is 5.59. The van der Waals surface area contributed by atoms with Crippen molar-refractivity contribution in [3.63, 3.8) is 0 Å². The van der Waals surface area contributed by atoms with Crippen LogP contribution in [0.4, 0.5) is 0 Å². The van der Waals surface area contributed by atoms with Crippen molar-refractivity contribution in [2.24, 2.45) is 0 Å². The van der Waals surface area contributed by atoms with Gasteiger partial charge in [0.2, 0.25) is 11.8 Å². The smallest absolute Gasteiger partial charge is 0.222 e. The number of amides is 2. The van der Waals surface area contributed by atoms with Gasteiger partial charge in [-0.1, -0.05) is 43.3 Å². The third-order valence-electron chi connectivity index (χ3n) is 3.63. The molecule has 0 saturated heterocycles. The number of carbonyl (C=O) groups is 2. The minimum absolute atomic E-state index is 0.0556. The minimum Gasteiger partial charge on any atom is -0.355 e. The van der Waals surface area contributed by atoms with E-state index in [1.807, 2.05) is 35.7 Å². The summed E-state index contributed by atoms with van der Waals surface area (Å²) in [5.74, 6) is 0.0647. The lowest BCUT2D eigenvalue weighted by Crippen LogP contribution is -2.33. The molecule has 0 bridgehead atoms. The molecule has 23 heavy (non-hydrogen) atoms. The van der Waals surface area contributed by atoms with Crippen molar-refractivity contribution in [2.45, 2.75) is 32.2 Å². The Morgan fingerprint density at radius 1 is 1.13 bits per heavy atom. The first kappa shape index (κ1) is 17.2. The van der Waals surface area contributed by atoms with E-state index < -0.39 is 0 Å². The first-order valence-corrected chi connectivity index (χ1v) is 8.56. The van der Waals surface area contributed by atoms with Crippen molar-refractivity contribution >= 4 is 23.2 Å². The van der Waals surface area contributed by atoms with Crippen LogP contribution in [0.15, 0.2) is 47.8 Å². The zero-order valence-electron chi connectivity index (χ0n) is 13.4. The van der Waals surface area contributed by atoms with E-state index in [-0.39, 0.29) is 30.2 Å². The van der Waals surface area contributed by atoms with E-state index in [0.29, 0.717) is 6.54 Å². The highest BCUT2D eigenvalue weighted by Crippen LogP contribution is 2.22. The van der Waals surface area contributed by atoms with Crippen molar-refractivity contribution in [1.82, 2.24) is 10.6 Å². The summed E-state index contributed by atoms with van der Waals surface area (Å²) in [4.78, 5) is 24.5. The number of carbonyl (C=O) groups excluding carboxylic acids is 2. The molecule has 2 aromatic rings. The third-order valence-corrected chi connectivity index (χ3v) is 4.61. The summed E-state index contributed by atoms with van der Waals surface area (Å²) < 4.78 is 0. The van der Waals surface area contributed by atoms with E-state index in [0.717, 1.165) is 4.88 Å². The summed E-state index contributed by atoms with van der Waals surface area (Å²) in [6.07, 6.45) is 0.252. The summed E-state index contributed by atoms with van der Waals surface area (Å²) in [7, 11) is 0. The van der Waals surface area contributed by atoms with Crippen LogP contribution in [0.2, 0.25) is 0 Å². The molecule has 4 nitrogen and oxygen atoms in total. The highest BCUT2D eigenvalue weighted by Gasteiger charge is 2.18. The van der Waals surface area contributed by atoms with Gasteiger partial charge in [0.25, 0.3) is 0 Å². The molecule has 1 aromatic heterocycles. The molecule has 0 aliphatic heterocycles. The Labute approximate surface area is 140 Å². The van der Waals surface area contributed by atoms with Crippen LogP contribution in [-0.2, 0) is 9.59 Å². The first-order valence-electron chi connectivity index (χ1n) is 7.68. The molecule has 0 aliphatic carbocycles. The molecule has 0 fully saturated rings. The Hall–Kier alpha value is -2.14. The summed E-state index contributed by atoms with van der Waals surface area (Å²) in [6.45, 7) is 4.14. The lowest BCUT2D eigenvalue weighted by molar-refractivity contribution is -0.122. The summed E-state index contributed by atoms with van der Waals surface area (Å²) in [5, 5.41) is 7.75. The van der Waals surface area contributed by atoms with Crippen LogP contribution < -0.4 is 10.6 Å². The summed E-state index contributed by atoms with van der Waals surface area (Å²) >= 11 is 1.54. The van der Waals surface area contributed by atoms with Crippen molar-refractivity contribution in [3.05, 3.63) is 58.3 Å². The van der Waals surface area contributed by atoms with Crippen LogP contribution in [0.3, 0.4) is 0 Å². The van der Waals surface area contributed by atoms with Crippen LogP contribution in [-0.4, -0.2) is 18.4 Å². The van der Waals surface area contributed by atoms with Gasteiger partial charge in [0.05, 0.1) is 12.5 Å². The quantitative estimate of drug-likeness (QED) is 0.819. The molecule has 1 heterocycles. The standard InChI is InChI=1S/C18H22N2O2S/c1-13(15-7-4-3-5-8-15)12-19-18(22)11-16(20-14(2)21)17-9-6-10-23-17/h3-10,13,16H,11-12H2,1-2H3,(H,19,22)(H,20,21)/t13-,16-/m0/s1. The zero-order chi connectivity index (χ0) is 16.7. The number of thiophene rings is 1. The molecule has 2 atom stereocenters. The molecule has 0 aliphatic rings. The number of hydrogen-bond acceptors (Lipinski definition) is 3. The van der Waals surface area contributed by atoms with Gasteiger partial charge < -0.3 is 10.6 Å². The molecule has 0 unspecified atom stereocenters. The van der Waals surface area contributed by atoms with Crippen LogP contribution in [0.5, 0.6) is 0 Å². The van der Waals surface area contributed by atoms with Crippen molar-refractivity contribution in [1.29, 1.82) is 0 Å². The molecule has 2 N–H and O–H groups in total. The zero-order valence-corrected chi connectivity index (χ0v) is 14.2. The third kappa shape index (κ3) is 5.53. The van der Waals surface area contributed by atoms with E-state index in [4.69, 9.17) is 0 Å². The molecule has 0 radical (unpaired) electrons. The predicted molar refractivity (Wildman–Crippen MR) is 93.4 cm³/mol. The number of hydrogen-bond donors (Lipinski definition) is 2. The van der Waals surface area contributed by atoms with Crippen molar-refractivity contribution in [2.75, 3.05) is 6.54 Å². The van der Waals surface area contributed by atoms with E-state index >= 15 is 0 Å². The largest absolute Gasteiger partial charge is 0.355 e. The highest BCUT2D eigenvalue weighted by atomic mass is 32.1. The Morgan fingerprint density at radius 3 is 2.48 bits per heavy atom. The fourth-order valence-corrected chi connectivity index (χ4v) is 3.16. The van der Waals surface area contributed by atoms with Crippen molar-refractivity contribution < 1.29 is 9.59 Å². The number of nitrogens with one attached hydrogen (secondary N) is 2. The van der Waals surface area contributed by atoms with Gasteiger partial charge in [-0.05, 0) is 22.9 Å². The monoisotopic (exact) mass is 330 g/mol. The maximum absolute atomic E-state index is 12.2.